The van der Waals surface area contributed by atoms with Crippen LogP contribution in [-0.2, 0) is 16.4 Å². The zero-order valence-electron chi connectivity index (χ0n) is 18.1. The van der Waals surface area contributed by atoms with Crippen LogP contribution in [0.1, 0.15) is 65.0 Å². The van der Waals surface area contributed by atoms with Gasteiger partial charge in [0.2, 0.25) is 5.13 Å². The number of amides is 1. The quantitative estimate of drug-likeness (QED) is 0.452. The van der Waals surface area contributed by atoms with E-state index in [0.29, 0.717) is 22.3 Å². The average molecular weight is 471 g/mol. The summed E-state index contributed by atoms with van der Waals surface area (Å²) in [6.07, 6.45) is 5.39. The average Bonchev–Trinajstić information content (AvgIpc) is 3.52. The van der Waals surface area contributed by atoms with E-state index in [1.54, 1.807) is 25.1 Å². The Morgan fingerprint density at radius 3 is 2.56 bits per heavy atom. The molecule has 168 valence electrons. The number of nitrogens with zero attached hydrogens (tertiary/aromatic N) is 2. The number of carbonyl (C=O) groups excluding carboxylic acids is 1. The molecule has 32 heavy (non-hydrogen) atoms. The third kappa shape index (κ3) is 5.34. The van der Waals surface area contributed by atoms with Gasteiger partial charge < -0.3 is 0 Å². The van der Waals surface area contributed by atoms with Crippen molar-refractivity contribution < 1.29 is 13.2 Å². The highest BCUT2D eigenvalue weighted by atomic mass is 32.2. The number of unbranched alkanes of at least 4 members (excludes halogenated alkanes) is 1. The number of aromatic nitrogens is 2. The fourth-order valence-corrected chi connectivity index (χ4v) is 5.28. The second-order valence-corrected chi connectivity index (χ2v) is 10.7. The fourth-order valence-electron chi connectivity index (χ4n) is 3.29. The molecule has 0 radical (unpaired) electrons. The van der Waals surface area contributed by atoms with Crippen molar-refractivity contribution in [2.75, 3.05) is 10.0 Å². The van der Waals surface area contributed by atoms with Crippen LogP contribution in [0.25, 0.3) is 0 Å². The molecule has 7 nitrogen and oxygen atoms in total. The molecule has 1 aliphatic carbocycles. The Kier molecular flexibility index (Phi) is 6.57. The SMILES string of the molecule is CCCCc1ccc(NS(=O)(=O)c2ccc(C)c(C(=O)Nc3nnc(C4CC4)s3)c2)cc1. The molecule has 1 saturated carbocycles. The Balaban J connectivity index is 1.49. The molecule has 1 aliphatic rings. The summed E-state index contributed by atoms with van der Waals surface area (Å²) in [7, 11) is -3.84. The molecule has 0 spiro atoms. The van der Waals surface area contributed by atoms with E-state index in [-0.39, 0.29) is 10.5 Å². The first-order valence-corrected chi connectivity index (χ1v) is 13.0. The number of carbonyl (C=O) groups is 1. The van der Waals surface area contributed by atoms with Gasteiger partial charge in [-0.2, -0.15) is 0 Å². The lowest BCUT2D eigenvalue weighted by atomic mass is 10.1. The zero-order chi connectivity index (χ0) is 22.7. The molecule has 0 aliphatic heterocycles. The van der Waals surface area contributed by atoms with Crippen LogP contribution >= 0.6 is 11.3 Å². The van der Waals surface area contributed by atoms with Crippen molar-refractivity contribution in [2.45, 2.75) is 56.8 Å². The van der Waals surface area contributed by atoms with E-state index in [0.717, 1.165) is 37.1 Å². The molecule has 3 aromatic rings. The van der Waals surface area contributed by atoms with Gasteiger partial charge >= 0.3 is 0 Å². The maximum absolute atomic E-state index is 12.9. The van der Waals surface area contributed by atoms with Crippen LogP contribution in [0, 0.1) is 6.92 Å². The minimum absolute atomic E-state index is 0.0271. The first-order chi connectivity index (χ1) is 15.4. The number of hydrogen-bond acceptors (Lipinski definition) is 6. The number of anilines is 2. The Morgan fingerprint density at radius 1 is 1.12 bits per heavy atom. The third-order valence-electron chi connectivity index (χ3n) is 5.38. The maximum Gasteiger partial charge on any atom is 0.261 e. The molecule has 0 saturated heterocycles. The van der Waals surface area contributed by atoms with Gasteiger partial charge in [-0.25, -0.2) is 8.42 Å². The topological polar surface area (TPSA) is 101 Å². The molecular formula is C23H26N4O3S2. The summed E-state index contributed by atoms with van der Waals surface area (Å²) in [6.45, 7) is 3.90. The molecule has 1 amide bonds. The van der Waals surface area contributed by atoms with Gasteiger partial charge in [-0.1, -0.05) is 42.9 Å². The molecule has 0 unspecified atom stereocenters. The molecule has 1 aromatic heterocycles. The van der Waals surface area contributed by atoms with Gasteiger partial charge in [-0.05, 0) is 68.0 Å². The molecule has 9 heteroatoms. The third-order valence-corrected chi connectivity index (χ3v) is 7.76. The van der Waals surface area contributed by atoms with Gasteiger partial charge in [0.05, 0.1) is 4.90 Å². The minimum Gasteiger partial charge on any atom is -0.296 e. The summed E-state index contributed by atoms with van der Waals surface area (Å²) >= 11 is 1.36. The van der Waals surface area contributed by atoms with Crippen LogP contribution in [0.5, 0.6) is 0 Å². The van der Waals surface area contributed by atoms with E-state index in [1.165, 1.54) is 29.0 Å². The molecule has 4 rings (SSSR count). The van der Waals surface area contributed by atoms with Crippen molar-refractivity contribution in [3.05, 3.63) is 64.2 Å². The minimum atomic E-state index is -3.84. The van der Waals surface area contributed by atoms with Crippen molar-refractivity contribution in [3.63, 3.8) is 0 Å². The van der Waals surface area contributed by atoms with E-state index in [9.17, 15) is 13.2 Å². The summed E-state index contributed by atoms with van der Waals surface area (Å²) in [4.78, 5) is 12.8. The number of hydrogen-bond donors (Lipinski definition) is 2. The van der Waals surface area contributed by atoms with E-state index >= 15 is 0 Å². The smallest absolute Gasteiger partial charge is 0.261 e. The first-order valence-electron chi connectivity index (χ1n) is 10.7. The van der Waals surface area contributed by atoms with Gasteiger partial charge in [0.25, 0.3) is 15.9 Å². The summed E-state index contributed by atoms with van der Waals surface area (Å²) < 4.78 is 28.4. The molecule has 0 bridgehead atoms. The van der Waals surface area contributed by atoms with Crippen LogP contribution in [0.3, 0.4) is 0 Å². The Morgan fingerprint density at radius 2 is 1.88 bits per heavy atom. The van der Waals surface area contributed by atoms with Gasteiger partial charge in [-0.15, -0.1) is 10.2 Å². The molecule has 2 N–H and O–H groups in total. The predicted octanol–water partition coefficient (Wildman–Crippen LogP) is 5.12. The first kappa shape index (κ1) is 22.4. The van der Waals surface area contributed by atoms with Crippen molar-refractivity contribution in [2.24, 2.45) is 0 Å². The molecule has 0 atom stereocenters. The number of nitrogens with one attached hydrogen (secondary N) is 2. The second kappa shape index (κ2) is 9.38. The standard InChI is InChI=1S/C23H26N4O3S2/c1-3-4-5-16-7-11-18(12-8-16)27-32(29,30)19-13-6-15(2)20(14-19)21(28)24-23-26-25-22(31-23)17-9-10-17/h6-8,11-14,17,27H,3-5,9-10H2,1-2H3,(H,24,26,28). The molecular weight excluding hydrogens is 444 g/mol. The molecule has 1 fully saturated rings. The highest BCUT2D eigenvalue weighted by Crippen LogP contribution is 2.42. The van der Waals surface area contributed by atoms with Crippen LogP contribution in [0.2, 0.25) is 0 Å². The molecule has 1 heterocycles. The second-order valence-electron chi connectivity index (χ2n) is 8.06. The van der Waals surface area contributed by atoms with Gasteiger partial charge in [0.15, 0.2) is 0 Å². The van der Waals surface area contributed by atoms with Crippen LogP contribution in [-0.4, -0.2) is 24.5 Å². The van der Waals surface area contributed by atoms with Gasteiger partial charge in [0, 0.05) is 17.2 Å². The summed E-state index contributed by atoms with van der Waals surface area (Å²) in [6, 6.07) is 11.9. The van der Waals surface area contributed by atoms with Gasteiger partial charge in [-0.3, -0.25) is 14.8 Å². The van der Waals surface area contributed by atoms with Gasteiger partial charge in [0.1, 0.15) is 5.01 Å². The normalized spacial score (nSPS) is 13.7. The predicted molar refractivity (Wildman–Crippen MR) is 127 cm³/mol. The van der Waals surface area contributed by atoms with Crippen LogP contribution in [0.4, 0.5) is 10.8 Å². The lowest BCUT2D eigenvalue weighted by Gasteiger charge is -2.11. The Bertz CT molecular complexity index is 1220. The van der Waals surface area contributed by atoms with Crippen molar-refractivity contribution in [3.8, 4) is 0 Å². The largest absolute Gasteiger partial charge is 0.296 e. The maximum atomic E-state index is 12.9. The monoisotopic (exact) mass is 470 g/mol. The van der Waals surface area contributed by atoms with Crippen molar-refractivity contribution in [1.82, 2.24) is 10.2 Å². The Hall–Kier alpha value is -2.78. The van der Waals surface area contributed by atoms with E-state index in [4.69, 9.17) is 0 Å². The Labute approximate surface area is 192 Å². The highest BCUT2D eigenvalue weighted by molar-refractivity contribution is 7.92. The number of rotatable bonds is 9. The summed E-state index contributed by atoms with van der Waals surface area (Å²) in [5, 5.41) is 12.2. The number of aryl methyl sites for hydroxylation is 2. The van der Waals surface area contributed by atoms with Crippen LogP contribution in [0.15, 0.2) is 47.4 Å². The van der Waals surface area contributed by atoms with E-state index in [2.05, 4.69) is 27.2 Å². The number of sulfonamides is 1. The van der Waals surface area contributed by atoms with Crippen LogP contribution < -0.4 is 10.0 Å². The summed E-state index contributed by atoms with van der Waals surface area (Å²) in [5.74, 6) is 0.0541. The van der Waals surface area contributed by atoms with Crippen molar-refractivity contribution >= 4 is 38.1 Å². The van der Waals surface area contributed by atoms with E-state index in [1.807, 2.05) is 12.1 Å². The fraction of sp³-hybridized carbons (Fsp3) is 0.348. The lowest BCUT2D eigenvalue weighted by Crippen LogP contribution is -2.17. The van der Waals surface area contributed by atoms with Crippen molar-refractivity contribution in [1.29, 1.82) is 0 Å². The highest BCUT2D eigenvalue weighted by Gasteiger charge is 2.28. The van der Waals surface area contributed by atoms with E-state index < -0.39 is 15.9 Å². The number of benzene rings is 2. The molecule has 2 aromatic carbocycles. The zero-order valence-corrected chi connectivity index (χ0v) is 19.7. The summed E-state index contributed by atoms with van der Waals surface area (Å²) in [5.41, 5.74) is 2.61. The lowest BCUT2D eigenvalue weighted by molar-refractivity contribution is 0.102.